The summed E-state index contributed by atoms with van der Waals surface area (Å²) in [5.74, 6) is -0.516. The molecule has 32 heavy (non-hydrogen) atoms. The highest BCUT2D eigenvalue weighted by Gasteiger charge is 2.49. The highest BCUT2D eigenvalue weighted by atomic mass is 28.5. The summed E-state index contributed by atoms with van der Waals surface area (Å²) in [7, 11) is -6.47. The lowest BCUT2D eigenvalue weighted by Gasteiger charge is -2.48. The summed E-state index contributed by atoms with van der Waals surface area (Å²) in [6, 6.07) is 0.835. The second-order valence-corrected chi connectivity index (χ2v) is 25.5. The summed E-state index contributed by atoms with van der Waals surface area (Å²) in [5, 5.41) is 9.65. The van der Waals surface area contributed by atoms with Crippen LogP contribution in [0, 0.1) is 0 Å². The molecule has 0 radical (unpaired) electrons. The lowest BCUT2D eigenvalue weighted by atomic mass is 10.2. The standard InChI is InChI=1S/C23H50O6Si3/c1-19(2)21(25)27-20(17-24)18-26-15-14-16-32(13,28-30(9,10)22(3,4)5)29-31(11,12)23(6,7)8/h20,24H,1,14-18H2,2-13H3. The summed E-state index contributed by atoms with van der Waals surface area (Å²) >= 11 is 0. The molecule has 0 saturated carbocycles. The van der Waals surface area contributed by atoms with Crippen LogP contribution in [0.25, 0.3) is 0 Å². The number of hydrogen-bond donors (Lipinski definition) is 1. The predicted molar refractivity (Wildman–Crippen MR) is 140 cm³/mol. The highest BCUT2D eigenvalue weighted by molar-refractivity contribution is 6.89. The first-order valence-electron chi connectivity index (χ1n) is 11.6. The van der Waals surface area contributed by atoms with Crippen molar-refractivity contribution in [2.75, 3.05) is 19.8 Å². The van der Waals surface area contributed by atoms with Gasteiger partial charge in [0.25, 0.3) is 0 Å². The summed E-state index contributed by atoms with van der Waals surface area (Å²) in [4.78, 5) is 11.7. The van der Waals surface area contributed by atoms with Gasteiger partial charge < -0.3 is 22.8 Å². The Kier molecular flexibility index (Phi) is 11.8. The Bertz CT molecular complexity index is 592. The number of aliphatic hydroxyl groups excluding tert-OH is 1. The number of ether oxygens (including phenoxy) is 2. The monoisotopic (exact) mass is 506 g/mol. The van der Waals surface area contributed by atoms with Crippen LogP contribution in [0.15, 0.2) is 12.2 Å². The van der Waals surface area contributed by atoms with E-state index in [4.69, 9.17) is 17.7 Å². The smallest absolute Gasteiger partial charge is 0.333 e. The molecule has 0 saturated heterocycles. The Hall–Kier alpha value is -0.299. The number of rotatable bonds is 13. The van der Waals surface area contributed by atoms with Crippen molar-refractivity contribution in [3.63, 3.8) is 0 Å². The Morgan fingerprint density at radius 1 is 0.938 bits per heavy atom. The zero-order valence-electron chi connectivity index (χ0n) is 22.8. The third kappa shape index (κ3) is 10.3. The van der Waals surface area contributed by atoms with Gasteiger partial charge in [0.1, 0.15) is 6.10 Å². The fraction of sp³-hybridized carbons (Fsp3) is 0.870. The Morgan fingerprint density at radius 3 is 1.72 bits per heavy atom. The third-order valence-electron chi connectivity index (χ3n) is 6.60. The largest absolute Gasteiger partial charge is 0.454 e. The molecule has 0 aliphatic carbocycles. The van der Waals surface area contributed by atoms with E-state index >= 15 is 0 Å². The second kappa shape index (κ2) is 11.9. The molecule has 0 bridgehead atoms. The maximum atomic E-state index is 11.7. The van der Waals surface area contributed by atoms with Crippen LogP contribution < -0.4 is 0 Å². The molecule has 0 aliphatic heterocycles. The molecule has 190 valence electrons. The first-order chi connectivity index (χ1) is 14.2. The minimum Gasteiger partial charge on any atom is -0.454 e. The van der Waals surface area contributed by atoms with Gasteiger partial charge in [-0.2, -0.15) is 0 Å². The van der Waals surface area contributed by atoms with Crippen molar-refractivity contribution in [3.05, 3.63) is 12.2 Å². The minimum atomic E-state index is -2.47. The van der Waals surface area contributed by atoms with Crippen molar-refractivity contribution < 1.29 is 27.6 Å². The normalized spacial score (nSPS) is 14.9. The van der Waals surface area contributed by atoms with Crippen LogP contribution >= 0.6 is 0 Å². The lowest BCUT2D eigenvalue weighted by Crippen LogP contribution is -2.58. The summed E-state index contributed by atoms with van der Waals surface area (Å²) < 4.78 is 24.8. The average molecular weight is 507 g/mol. The molecule has 0 aromatic carbocycles. The van der Waals surface area contributed by atoms with E-state index in [0.717, 1.165) is 12.5 Å². The molecule has 0 aromatic rings. The molecule has 0 aliphatic rings. The van der Waals surface area contributed by atoms with Crippen LogP contribution in [0.1, 0.15) is 54.9 Å². The Labute approximate surface area is 200 Å². The molecule has 0 aromatic heterocycles. The van der Waals surface area contributed by atoms with Crippen molar-refractivity contribution in [2.24, 2.45) is 0 Å². The van der Waals surface area contributed by atoms with Gasteiger partial charge >= 0.3 is 14.5 Å². The van der Waals surface area contributed by atoms with Gasteiger partial charge in [-0.25, -0.2) is 4.79 Å². The number of hydrogen-bond acceptors (Lipinski definition) is 6. The van der Waals surface area contributed by atoms with Crippen molar-refractivity contribution >= 4 is 31.2 Å². The molecule has 9 heteroatoms. The second-order valence-electron chi connectivity index (χ2n) is 12.0. The average Bonchev–Trinajstić information content (AvgIpc) is 2.56. The molecule has 0 rings (SSSR count). The molecule has 1 atom stereocenters. The van der Waals surface area contributed by atoms with Crippen LogP contribution in [0.3, 0.4) is 0 Å². The first kappa shape index (κ1) is 31.7. The van der Waals surface area contributed by atoms with Crippen LogP contribution in [0.4, 0.5) is 0 Å². The number of carbonyl (C=O) groups is 1. The Morgan fingerprint density at radius 2 is 1.38 bits per heavy atom. The SMILES string of the molecule is C=C(C)C(=O)OC(CO)COCCC[Si](C)(O[Si](C)(C)C(C)(C)C)O[Si](C)(C)C(C)(C)C. The zero-order chi connectivity index (χ0) is 25.6. The van der Waals surface area contributed by atoms with Crippen molar-refractivity contribution in [1.29, 1.82) is 0 Å². The van der Waals surface area contributed by atoms with Gasteiger partial charge in [0, 0.05) is 12.2 Å². The fourth-order valence-electron chi connectivity index (χ4n) is 2.59. The topological polar surface area (TPSA) is 74.2 Å². The van der Waals surface area contributed by atoms with Gasteiger partial charge in [-0.05, 0) is 62.2 Å². The van der Waals surface area contributed by atoms with Gasteiger partial charge in [0.05, 0.1) is 13.2 Å². The molecule has 0 amide bonds. The number of carbonyl (C=O) groups excluding carboxylic acids is 1. The van der Waals surface area contributed by atoms with Crippen LogP contribution in [0.5, 0.6) is 0 Å². The van der Waals surface area contributed by atoms with E-state index in [1.807, 2.05) is 0 Å². The van der Waals surface area contributed by atoms with Crippen molar-refractivity contribution in [3.8, 4) is 0 Å². The highest BCUT2D eigenvalue weighted by Crippen LogP contribution is 2.43. The molecule has 0 spiro atoms. The van der Waals surface area contributed by atoms with Crippen molar-refractivity contribution in [1.82, 2.24) is 0 Å². The predicted octanol–water partition coefficient (Wildman–Crippen LogP) is 5.99. The van der Waals surface area contributed by atoms with Gasteiger partial charge in [-0.15, -0.1) is 0 Å². The molecule has 1 unspecified atom stereocenters. The summed E-state index contributed by atoms with van der Waals surface area (Å²) in [5.41, 5.74) is 0.302. The quantitative estimate of drug-likeness (QED) is 0.143. The van der Waals surface area contributed by atoms with E-state index in [2.05, 4.69) is 80.9 Å². The summed E-state index contributed by atoms with van der Waals surface area (Å²) in [6.07, 6.45) is 0.105. The molecule has 0 fully saturated rings. The van der Waals surface area contributed by atoms with Crippen LogP contribution in [-0.4, -0.2) is 62.2 Å². The molecule has 0 heterocycles. The van der Waals surface area contributed by atoms with Gasteiger partial charge in [-0.1, -0.05) is 48.1 Å². The Balaban J connectivity index is 5.16. The number of aliphatic hydroxyl groups is 1. The van der Waals surface area contributed by atoms with E-state index in [9.17, 15) is 9.90 Å². The van der Waals surface area contributed by atoms with E-state index in [0.29, 0.717) is 12.2 Å². The first-order valence-corrected chi connectivity index (χ1v) is 20.0. The maximum absolute atomic E-state index is 11.7. The molecule has 1 N–H and O–H groups in total. The van der Waals surface area contributed by atoms with Crippen LogP contribution in [-0.2, 0) is 22.5 Å². The van der Waals surface area contributed by atoms with E-state index in [1.165, 1.54) is 0 Å². The fourth-order valence-corrected chi connectivity index (χ4v) is 15.8. The minimum absolute atomic E-state index is 0.107. The molecular formula is C23H50O6Si3. The third-order valence-corrected chi connectivity index (χ3v) is 22.6. The van der Waals surface area contributed by atoms with Gasteiger partial charge in [0.2, 0.25) is 0 Å². The van der Waals surface area contributed by atoms with Crippen LogP contribution in [0.2, 0.25) is 48.9 Å². The number of esters is 1. The lowest BCUT2D eigenvalue weighted by molar-refractivity contribution is -0.149. The van der Waals surface area contributed by atoms with E-state index in [1.54, 1.807) is 6.92 Å². The molecular weight excluding hydrogens is 457 g/mol. The molecule has 6 nitrogen and oxygen atoms in total. The zero-order valence-corrected chi connectivity index (χ0v) is 25.8. The van der Waals surface area contributed by atoms with Gasteiger partial charge in [0.15, 0.2) is 16.6 Å². The maximum Gasteiger partial charge on any atom is 0.333 e. The van der Waals surface area contributed by atoms with Gasteiger partial charge in [-0.3, -0.25) is 0 Å². The van der Waals surface area contributed by atoms with E-state index < -0.39 is 37.3 Å². The van der Waals surface area contributed by atoms with Crippen molar-refractivity contribution in [2.45, 2.75) is 110 Å². The summed E-state index contributed by atoms with van der Waals surface area (Å²) in [6.45, 7) is 30.4. The van der Waals surface area contributed by atoms with E-state index in [-0.39, 0.29) is 23.3 Å².